The summed E-state index contributed by atoms with van der Waals surface area (Å²) in [6.45, 7) is 5.24. The minimum atomic E-state index is -0.538. The topological polar surface area (TPSA) is 43.4 Å². The molecule has 0 bridgehead atoms. The summed E-state index contributed by atoms with van der Waals surface area (Å²) in [5, 5.41) is 0. The summed E-state index contributed by atoms with van der Waals surface area (Å²) in [5.41, 5.74) is -0.538. The maximum absolute atomic E-state index is 10.9. The van der Waals surface area contributed by atoms with Gasteiger partial charge in [-0.25, -0.2) is 0 Å². The molecule has 0 radical (unpaired) electrons. The lowest BCUT2D eigenvalue weighted by molar-refractivity contribution is -0.155. The first-order chi connectivity index (χ1) is 5.35. The number of carbonyl (C=O) groups excluding carboxylic acids is 2. The van der Waals surface area contributed by atoms with E-state index >= 15 is 0 Å². The summed E-state index contributed by atoms with van der Waals surface area (Å²) in [6.07, 6.45) is -0.235. The molecular formula is C8H13ClO3. The van der Waals surface area contributed by atoms with Crippen LogP contribution in [0.4, 0.5) is 0 Å². The fourth-order valence-corrected chi connectivity index (χ4v) is 0.680. The molecule has 0 aromatic carbocycles. The molecule has 70 valence electrons. The van der Waals surface area contributed by atoms with Crippen LogP contribution in [0.5, 0.6) is 0 Å². The van der Waals surface area contributed by atoms with Crippen LogP contribution in [0, 0.1) is 0 Å². The van der Waals surface area contributed by atoms with Gasteiger partial charge in [-0.2, -0.15) is 0 Å². The maximum Gasteiger partial charge on any atom is 0.313 e. The summed E-state index contributed by atoms with van der Waals surface area (Å²) in [4.78, 5) is 21.6. The normalized spacial score (nSPS) is 11.0. The minimum Gasteiger partial charge on any atom is -0.460 e. The van der Waals surface area contributed by atoms with Crippen LogP contribution in [0.1, 0.15) is 27.2 Å². The lowest BCUT2D eigenvalue weighted by Gasteiger charge is -2.18. The number of rotatable bonds is 3. The quantitative estimate of drug-likeness (QED) is 0.387. The van der Waals surface area contributed by atoms with Crippen LogP contribution in [0.2, 0.25) is 0 Å². The monoisotopic (exact) mass is 192 g/mol. The molecule has 0 aliphatic carbocycles. The molecule has 0 aromatic rings. The van der Waals surface area contributed by atoms with Crippen LogP contribution in [-0.2, 0) is 14.3 Å². The molecule has 0 heterocycles. The van der Waals surface area contributed by atoms with Crippen molar-refractivity contribution in [3.05, 3.63) is 0 Å². The summed E-state index contributed by atoms with van der Waals surface area (Å²) in [6, 6.07) is 0. The van der Waals surface area contributed by atoms with Crippen LogP contribution in [-0.4, -0.2) is 23.2 Å². The molecule has 0 aliphatic rings. The average Bonchev–Trinajstić information content (AvgIpc) is 1.82. The van der Waals surface area contributed by atoms with Gasteiger partial charge in [0.2, 0.25) is 0 Å². The van der Waals surface area contributed by atoms with E-state index in [9.17, 15) is 9.59 Å². The summed E-state index contributed by atoms with van der Waals surface area (Å²) < 4.78 is 4.89. The van der Waals surface area contributed by atoms with Gasteiger partial charge in [0.05, 0.1) is 5.88 Å². The highest BCUT2D eigenvalue weighted by Gasteiger charge is 2.18. The number of hydrogen-bond donors (Lipinski definition) is 0. The Morgan fingerprint density at radius 3 is 2.17 bits per heavy atom. The van der Waals surface area contributed by atoms with E-state index in [2.05, 4.69) is 0 Å². The second-order valence-corrected chi connectivity index (χ2v) is 3.70. The van der Waals surface area contributed by atoms with E-state index in [-0.39, 0.29) is 18.1 Å². The second kappa shape index (κ2) is 4.45. The van der Waals surface area contributed by atoms with Gasteiger partial charge in [0.15, 0.2) is 5.78 Å². The fraction of sp³-hybridized carbons (Fsp3) is 0.750. The smallest absolute Gasteiger partial charge is 0.313 e. The van der Waals surface area contributed by atoms with Gasteiger partial charge < -0.3 is 4.74 Å². The highest BCUT2D eigenvalue weighted by molar-refractivity contribution is 6.28. The number of ketones is 1. The van der Waals surface area contributed by atoms with E-state index in [0.717, 1.165) is 0 Å². The van der Waals surface area contributed by atoms with Crippen molar-refractivity contribution in [2.75, 3.05) is 5.88 Å². The molecule has 3 nitrogen and oxygen atoms in total. The highest BCUT2D eigenvalue weighted by atomic mass is 35.5. The first kappa shape index (κ1) is 11.4. The van der Waals surface area contributed by atoms with Crippen molar-refractivity contribution in [1.29, 1.82) is 0 Å². The molecule has 0 saturated carbocycles. The molecule has 0 amide bonds. The Morgan fingerprint density at radius 2 is 1.83 bits per heavy atom. The van der Waals surface area contributed by atoms with E-state index in [0.29, 0.717) is 0 Å². The van der Waals surface area contributed by atoms with Gasteiger partial charge in [-0.15, -0.1) is 11.6 Å². The number of halogens is 1. The standard InChI is InChI=1S/C8H13ClO3/c1-8(2,3)12-7(11)4-6(10)5-9/h4-5H2,1-3H3. The van der Waals surface area contributed by atoms with E-state index < -0.39 is 11.6 Å². The molecular weight excluding hydrogens is 180 g/mol. The predicted octanol–water partition coefficient (Wildman–Crippen LogP) is 1.53. The third kappa shape index (κ3) is 6.16. The lowest BCUT2D eigenvalue weighted by atomic mass is 10.2. The second-order valence-electron chi connectivity index (χ2n) is 3.44. The Labute approximate surface area is 77.0 Å². The molecule has 0 aliphatic heterocycles. The molecule has 4 heteroatoms. The van der Waals surface area contributed by atoms with Crippen LogP contribution in [0.15, 0.2) is 0 Å². The molecule has 0 spiro atoms. The Morgan fingerprint density at radius 1 is 1.33 bits per heavy atom. The number of Topliss-reactive ketones (excluding diaryl/α,β-unsaturated/α-hetero) is 1. The molecule has 0 rings (SSSR count). The van der Waals surface area contributed by atoms with Crippen LogP contribution in [0.3, 0.4) is 0 Å². The molecule has 0 unspecified atom stereocenters. The molecule has 0 saturated heterocycles. The van der Waals surface area contributed by atoms with Gasteiger partial charge in [-0.1, -0.05) is 0 Å². The van der Waals surface area contributed by atoms with Gasteiger partial charge in [0.1, 0.15) is 12.0 Å². The number of esters is 1. The Balaban J connectivity index is 3.83. The summed E-state index contributed by atoms with van der Waals surface area (Å²) >= 11 is 5.21. The predicted molar refractivity (Wildman–Crippen MR) is 46.2 cm³/mol. The van der Waals surface area contributed by atoms with Crippen molar-refractivity contribution in [1.82, 2.24) is 0 Å². The third-order valence-electron chi connectivity index (χ3n) is 0.911. The van der Waals surface area contributed by atoms with E-state index in [1.54, 1.807) is 20.8 Å². The first-order valence-electron chi connectivity index (χ1n) is 3.64. The van der Waals surface area contributed by atoms with Gasteiger partial charge >= 0.3 is 5.97 Å². The van der Waals surface area contributed by atoms with Crippen molar-refractivity contribution in [3.8, 4) is 0 Å². The van der Waals surface area contributed by atoms with E-state index in [1.807, 2.05) is 0 Å². The maximum atomic E-state index is 10.9. The zero-order valence-electron chi connectivity index (χ0n) is 7.52. The Hall–Kier alpha value is -0.570. The SMILES string of the molecule is CC(C)(C)OC(=O)CC(=O)CCl. The van der Waals surface area contributed by atoms with E-state index in [4.69, 9.17) is 16.3 Å². The van der Waals surface area contributed by atoms with Crippen molar-refractivity contribution in [2.45, 2.75) is 32.8 Å². The fourth-order valence-electron chi connectivity index (χ4n) is 0.586. The first-order valence-corrected chi connectivity index (χ1v) is 4.18. The summed E-state index contributed by atoms with van der Waals surface area (Å²) in [7, 11) is 0. The van der Waals surface area contributed by atoms with Gasteiger partial charge in [0, 0.05) is 0 Å². The van der Waals surface area contributed by atoms with Crippen LogP contribution >= 0.6 is 11.6 Å². The minimum absolute atomic E-state index is 0.140. The third-order valence-corrected chi connectivity index (χ3v) is 1.21. The highest BCUT2D eigenvalue weighted by Crippen LogP contribution is 2.08. The number of carbonyl (C=O) groups is 2. The average molecular weight is 193 g/mol. The zero-order valence-corrected chi connectivity index (χ0v) is 8.27. The summed E-state index contributed by atoms with van der Waals surface area (Å²) in [5.74, 6) is -0.974. The van der Waals surface area contributed by atoms with Crippen molar-refractivity contribution in [3.63, 3.8) is 0 Å². The Kier molecular flexibility index (Phi) is 4.24. The molecule has 0 N–H and O–H groups in total. The Bertz CT molecular complexity index is 181. The number of alkyl halides is 1. The zero-order chi connectivity index (χ0) is 9.78. The van der Waals surface area contributed by atoms with Crippen molar-refractivity contribution >= 4 is 23.4 Å². The van der Waals surface area contributed by atoms with E-state index in [1.165, 1.54) is 0 Å². The lowest BCUT2D eigenvalue weighted by Crippen LogP contribution is -2.25. The van der Waals surface area contributed by atoms with Crippen molar-refractivity contribution < 1.29 is 14.3 Å². The van der Waals surface area contributed by atoms with Gasteiger partial charge in [-0.3, -0.25) is 9.59 Å². The molecule has 12 heavy (non-hydrogen) atoms. The van der Waals surface area contributed by atoms with Gasteiger partial charge in [-0.05, 0) is 20.8 Å². The molecule has 0 fully saturated rings. The van der Waals surface area contributed by atoms with Crippen LogP contribution < -0.4 is 0 Å². The van der Waals surface area contributed by atoms with Crippen LogP contribution in [0.25, 0.3) is 0 Å². The molecule has 0 aromatic heterocycles. The van der Waals surface area contributed by atoms with Crippen molar-refractivity contribution in [2.24, 2.45) is 0 Å². The largest absolute Gasteiger partial charge is 0.460 e. The van der Waals surface area contributed by atoms with Gasteiger partial charge in [0.25, 0.3) is 0 Å². The number of hydrogen-bond acceptors (Lipinski definition) is 3. The number of ether oxygens (including phenoxy) is 1. The molecule has 0 atom stereocenters.